The maximum Gasteiger partial charge on any atom is 0.407 e. The van der Waals surface area contributed by atoms with Crippen molar-refractivity contribution in [1.82, 2.24) is 15.2 Å². The molecule has 4 aliphatic rings. The second-order valence-corrected chi connectivity index (χ2v) is 10.6. The van der Waals surface area contributed by atoms with Crippen LogP contribution in [-0.4, -0.2) is 58.2 Å². The van der Waals surface area contributed by atoms with E-state index in [-0.39, 0.29) is 35.3 Å². The van der Waals surface area contributed by atoms with Crippen LogP contribution in [0.4, 0.5) is 9.18 Å². The molecule has 4 fully saturated rings. The summed E-state index contributed by atoms with van der Waals surface area (Å²) in [6.45, 7) is 7.82. The van der Waals surface area contributed by atoms with Gasteiger partial charge in [-0.05, 0) is 70.4 Å². The summed E-state index contributed by atoms with van der Waals surface area (Å²) in [6, 6.07) is 1.51. The van der Waals surface area contributed by atoms with E-state index < -0.39 is 35.7 Å². The lowest BCUT2D eigenvalue weighted by Gasteiger charge is -2.44. The SMILES string of the molecule is C[C@@H]1C[C@@H]2C[C@H](NC(=O)OC(C)(C)C)[C@@H]([C@@H]1OC(=O)C1CC1)N(C(=O)c1ccc(F)cn1)C2. The molecule has 1 N–H and O–H groups in total. The Balaban J connectivity index is 1.65. The van der Waals surface area contributed by atoms with Crippen molar-refractivity contribution in [3.63, 3.8) is 0 Å². The van der Waals surface area contributed by atoms with E-state index in [1.165, 1.54) is 12.1 Å². The predicted molar refractivity (Wildman–Crippen MR) is 117 cm³/mol. The molecule has 9 heteroatoms. The lowest BCUT2D eigenvalue weighted by molar-refractivity contribution is -0.157. The molecule has 0 radical (unpaired) electrons. The van der Waals surface area contributed by atoms with Crippen LogP contribution in [0, 0.1) is 23.6 Å². The summed E-state index contributed by atoms with van der Waals surface area (Å²) in [6.07, 6.45) is 2.89. The minimum absolute atomic E-state index is 0.00659. The summed E-state index contributed by atoms with van der Waals surface area (Å²) in [5.74, 6) is -1.13. The van der Waals surface area contributed by atoms with Crippen LogP contribution in [0.3, 0.4) is 0 Å². The fourth-order valence-electron chi connectivity index (χ4n) is 4.97. The monoisotopic (exact) mass is 461 g/mol. The average molecular weight is 462 g/mol. The van der Waals surface area contributed by atoms with E-state index in [1.807, 2.05) is 6.92 Å². The smallest absolute Gasteiger partial charge is 0.407 e. The van der Waals surface area contributed by atoms with Gasteiger partial charge in [-0.3, -0.25) is 9.59 Å². The van der Waals surface area contributed by atoms with E-state index >= 15 is 0 Å². The maximum atomic E-state index is 13.5. The molecule has 180 valence electrons. The molecule has 1 aromatic rings. The quantitative estimate of drug-likeness (QED) is 0.691. The molecule has 0 spiro atoms. The fraction of sp³-hybridized carbons (Fsp3) is 0.667. The lowest BCUT2D eigenvalue weighted by Crippen LogP contribution is -2.63. The number of fused-ring (bicyclic) bond motifs is 4. The van der Waals surface area contributed by atoms with Crippen LogP contribution in [0.25, 0.3) is 0 Å². The molecule has 3 heterocycles. The minimum Gasteiger partial charge on any atom is -0.460 e. The molecule has 1 aromatic heterocycles. The highest BCUT2D eigenvalue weighted by Crippen LogP contribution is 2.40. The van der Waals surface area contributed by atoms with Gasteiger partial charge in [0, 0.05) is 6.54 Å². The molecule has 5 rings (SSSR count). The number of hydrogen-bond acceptors (Lipinski definition) is 6. The summed E-state index contributed by atoms with van der Waals surface area (Å²) in [5.41, 5.74) is -0.563. The second-order valence-electron chi connectivity index (χ2n) is 10.6. The van der Waals surface area contributed by atoms with Crippen LogP contribution >= 0.6 is 0 Å². The van der Waals surface area contributed by atoms with E-state index in [2.05, 4.69) is 10.3 Å². The Bertz CT molecular complexity index is 912. The third kappa shape index (κ3) is 5.45. The van der Waals surface area contributed by atoms with Crippen molar-refractivity contribution in [2.75, 3.05) is 6.54 Å². The Morgan fingerprint density at radius 2 is 1.91 bits per heavy atom. The normalized spacial score (nSPS) is 29.2. The minimum atomic E-state index is -0.674. The van der Waals surface area contributed by atoms with Crippen molar-refractivity contribution in [2.45, 2.75) is 77.2 Å². The number of piperidine rings is 1. The zero-order valence-electron chi connectivity index (χ0n) is 19.5. The van der Waals surface area contributed by atoms with Gasteiger partial charge in [0.1, 0.15) is 23.2 Å². The Morgan fingerprint density at radius 1 is 1.18 bits per heavy atom. The number of pyridine rings is 1. The van der Waals surface area contributed by atoms with Crippen molar-refractivity contribution in [3.05, 3.63) is 29.8 Å². The highest BCUT2D eigenvalue weighted by Gasteiger charge is 2.51. The lowest BCUT2D eigenvalue weighted by atomic mass is 9.89. The van der Waals surface area contributed by atoms with Gasteiger partial charge in [0.25, 0.3) is 5.91 Å². The van der Waals surface area contributed by atoms with Crippen molar-refractivity contribution in [2.24, 2.45) is 17.8 Å². The number of aromatic nitrogens is 1. The average Bonchev–Trinajstić information content (AvgIpc) is 3.56. The number of carbonyl (C=O) groups excluding carboxylic acids is 3. The Hall–Kier alpha value is -2.71. The molecule has 2 aliphatic carbocycles. The first-order valence-electron chi connectivity index (χ1n) is 11.6. The number of esters is 1. The third-order valence-electron chi connectivity index (χ3n) is 6.49. The summed E-state index contributed by atoms with van der Waals surface area (Å²) < 4.78 is 24.8. The number of carbonyl (C=O) groups is 3. The van der Waals surface area contributed by atoms with Crippen LogP contribution < -0.4 is 5.32 Å². The van der Waals surface area contributed by atoms with Crippen molar-refractivity contribution in [3.8, 4) is 0 Å². The molecule has 0 unspecified atom stereocenters. The molecular formula is C24H32FN3O5. The molecule has 2 saturated heterocycles. The number of alkyl carbamates (subject to hydrolysis) is 1. The van der Waals surface area contributed by atoms with Crippen molar-refractivity contribution in [1.29, 1.82) is 0 Å². The summed E-state index contributed by atoms with van der Waals surface area (Å²) in [5, 5.41) is 2.93. The molecule has 2 bridgehead atoms. The summed E-state index contributed by atoms with van der Waals surface area (Å²) in [4.78, 5) is 44.3. The zero-order valence-corrected chi connectivity index (χ0v) is 19.5. The fourth-order valence-corrected chi connectivity index (χ4v) is 4.97. The number of nitrogens with one attached hydrogen (secondary N) is 1. The molecule has 8 nitrogen and oxygen atoms in total. The first-order valence-corrected chi connectivity index (χ1v) is 11.6. The van der Waals surface area contributed by atoms with E-state index in [0.29, 0.717) is 13.0 Å². The van der Waals surface area contributed by atoms with Gasteiger partial charge in [0.2, 0.25) is 0 Å². The predicted octanol–water partition coefficient (Wildman–Crippen LogP) is 3.31. The van der Waals surface area contributed by atoms with Gasteiger partial charge in [0.05, 0.1) is 24.2 Å². The standard InChI is InChI=1S/C24H32FN3O5/c1-13-9-14-10-18(27-23(31)33-24(2,3)4)19(20(13)32-22(30)15-5-6-15)28(12-14)21(29)17-8-7-16(25)11-26-17/h7-8,11,13-15,18-20H,5-6,9-10,12H2,1-4H3,(H,27,31)/t13-,14-,18+,19+,20-/m1/s1. The van der Waals surface area contributed by atoms with Crippen LogP contribution in [0.2, 0.25) is 0 Å². The van der Waals surface area contributed by atoms with Crippen LogP contribution in [0.5, 0.6) is 0 Å². The van der Waals surface area contributed by atoms with Gasteiger partial charge in [0.15, 0.2) is 0 Å². The van der Waals surface area contributed by atoms with Crippen LogP contribution in [-0.2, 0) is 14.3 Å². The topological polar surface area (TPSA) is 97.8 Å². The van der Waals surface area contributed by atoms with Gasteiger partial charge in [-0.1, -0.05) is 6.92 Å². The number of rotatable bonds is 4. The van der Waals surface area contributed by atoms with E-state index in [1.54, 1.807) is 25.7 Å². The number of halogens is 1. The van der Waals surface area contributed by atoms with Gasteiger partial charge in [-0.15, -0.1) is 0 Å². The largest absolute Gasteiger partial charge is 0.460 e. The highest BCUT2D eigenvalue weighted by atomic mass is 19.1. The number of hydrogen-bond donors (Lipinski definition) is 1. The van der Waals surface area contributed by atoms with E-state index in [0.717, 1.165) is 25.5 Å². The third-order valence-corrected chi connectivity index (χ3v) is 6.49. The number of amides is 2. The van der Waals surface area contributed by atoms with Crippen molar-refractivity contribution < 1.29 is 28.2 Å². The highest BCUT2D eigenvalue weighted by molar-refractivity contribution is 5.92. The second kappa shape index (κ2) is 8.91. The summed E-state index contributed by atoms with van der Waals surface area (Å²) >= 11 is 0. The van der Waals surface area contributed by atoms with E-state index in [9.17, 15) is 18.8 Å². The van der Waals surface area contributed by atoms with Crippen LogP contribution in [0.15, 0.2) is 18.3 Å². The molecule has 0 aromatic carbocycles. The molecule has 2 amide bonds. The van der Waals surface area contributed by atoms with Gasteiger partial charge >= 0.3 is 12.1 Å². The molecular weight excluding hydrogens is 429 g/mol. The van der Waals surface area contributed by atoms with Gasteiger partial charge < -0.3 is 19.7 Å². The zero-order chi connectivity index (χ0) is 23.9. The molecule has 5 atom stereocenters. The Labute approximate surface area is 193 Å². The first-order chi connectivity index (χ1) is 15.5. The number of nitrogens with zero attached hydrogens (tertiary/aromatic N) is 2. The molecule has 2 saturated carbocycles. The molecule has 2 aliphatic heterocycles. The Morgan fingerprint density at radius 3 is 2.52 bits per heavy atom. The van der Waals surface area contributed by atoms with Crippen molar-refractivity contribution >= 4 is 18.0 Å². The van der Waals surface area contributed by atoms with E-state index in [4.69, 9.17) is 9.47 Å². The van der Waals surface area contributed by atoms with Crippen LogP contribution in [0.1, 0.15) is 63.9 Å². The van der Waals surface area contributed by atoms with Gasteiger partial charge in [-0.25, -0.2) is 14.2 Å². The number of ether oxygens (including phenoxy) is 2. The maximum absolute atomic E-state index is 13.5. The first kappa shape index (κ1) is 23.4. The van der Waals surface area contributed by atoms with Gasteiger partial charge in [-0.2, -0.15) is 0 Å². The molecule has 33 heavy (non-hydrogen) atoms. The Kier molecular flexibility index (Phi) is 6.33. The summed E-state index contributed by atoms with van der Waals surface area (Å²) in [7, 11) is 0.